The molecule has 16 heavy (non-hydrogen) atoms. The molecule has 3 nitrogen and oxygen atoms in total. The lowest BCUT2D eigenvalue weighted by atomic mass is 10.0. The predicted octanol–water partition coefficient (Wildman–Crippen LogP) is 3.03. The van der Waals surface area contributed by atoms with E-state index in [9.17, 15) is 4.79 Å². The third-order valence-corrected chi connectivity index (χ3v) is 4.23. The molecule has 1 fully saturated rings. The molecule has 1 aromatic heterocycles. The highest BCUT2D eigenvalue weighted by Crippen LogP contribution is 2.31. The van der Waals surface area contributed by atoms with E-state index in [1.54, 1.807) is 6.07 Å². The van der Waals surface area contributed by atoms with Crippen LogP contribution in [0.5, 0.6) is 0 Å². The molecule has 1 amide bonds. The molecule has 1 aliphatic rings. The van der Waals surface area contributed by atoms with Crippen LogP contribution in [0.3, 0.4) is 0 Å². The zero-order valence-corrected chi connectivity index (χ0v) is 11.0. The molecule has 0 aliphatic heterocycles. The second-order valence-corrected chi connectivity index (χ2v) is 5.05. The van der Waals surface area contributed by atoms with Crippen molar-refractivity contribution in [1.82, 2.24) is 5.32 Å². The van der Waals surface area contributed by atoms with Crippen LogP contribution in [0.4, 0.5) is 0 Å². The van der Waals surface area contributed by atoms with E-state index in [-0.39, 0.29) is 11.4 Å². The molecule has 1 aromatic rings. The first-order chi connectivity index (χ1) is 7.65. The van der Waals surface area contributed by atoms with Crippen LogP contribution in [0.15, 0.2) is 16.5 Å². The number of aryl methyl sites for hydroxylation is 1. The smallest absolute Gasteiger partial charge is 0.287 e. The molecule has 0 aromatic carbocycles. The number of hydrogen-bond acceptors (Lipinski definition) is 2. The molecular formula is C12H16BrNO2. The minimum absolute atomic E-state index is 0.0716. The summed E-state index contributed by atoms with van der Waals surface area (Å²) in [5.74, 6) is 1.07. The maximum absolute atomic E-state index is 12.0. The Kier molecular flexibility index (Phi) is 3.38. The van der Waals surface area contributed by atoms with E-state index < -0.39 is 0 Å². The van der Waals surface area contributed by atoms with Crippen LogP contribution in [-0.4, -0.2) is 16.8 Å². The average molecular weight is 286 g/mol. The molecule has 4 heteroatoms. The van der Waals surface area contributed by atoms with Crippen molar-refractivity contribution in [3.05, 3.63) is 23.7 Å². The van der Waals surface area contributed by atoms with E-state index in [2.05, 4.69) is 21.2 Å². The Morgan fingerprint density at radius 3 is 2.69 bits per heavy atom. The Bertz CT molecular complexity index is 380. The summed E-state index contributed by atoms with van der Waals surface area (Å²) in [6.07, 6.45) is 4.46. The number of nitrogens with one attached hydrogen (secondary N) is 1. The van der Waals surface area contributed by atoms with Gasteiger partial charge in [0.25, 0.3) is 5.91 Å². The lowest BCUT2D eigenvalue weighted by Crippen LogP contribution is -2.47. The molecular weight excluding hydrogens is 270 g/mol. The summed E-state index contributed by atoms with van der Waals surface area (Å²) in [5, 5.41) is 3.90. The highest BCUT2D eigenvalue weighted by Gasteiger charge is 2.34. The minimum Gasteiger partial charge on any atom is -0.456 e. The summed E-state index contributed by atoms with van der Waals surface area (Å²) >= 11 is 3.49. The second kappa shape index (κ2) is 4.62. The van der Waals surface area contributed by atoms with E-state index in [1.165, 1.54) is 12.8 Å². The molecule has 88 valence electrons. The molecule has 1 saturated carbocycles. The summed E-state index contributed by atoms with van der Waals surface area (Å²) in [4.78, 5) is 12.0. The number of carbonyl (C=O) groups is 1. The molecule has 0 saturated heterocycles. The Morgan fingerprint density at radius 1 is 1.50 bits per heavy atom. The van der Waals surface area contributed by atoms with Crippen LogP contribution in [0, 0.1) is 6.92 Å². The van der Waals surface area contributed by atoms with Crippen LogP contribution in [-0.2, 0) is 0 Å². The van der Waals surface area contributed by atoms with Crippen molar-refractivity contribution in [3.63, 3.8) is 0 Å². The van der Waals surface area contributed by atoms with E-state index in [4.69, 9.17) is 4.42 Å². The fraction of sp³-hybridized carbons (Fsp3) is 0.583. The van der Waals surface area contributed by atoms with Crippen LogP contribution < -0.4 is 5.32 Å². The number of hydrogen-bond donors (Lipinski definition) is 1. The summed E-state index contributed by atoms with van der Waals surface area (Å²) < 4.78 is 5.32. The van der Waals surface area contributed by atoms with E-state index >= 15 is 0 Å². The zero-order valence-electron chi connectivity index (χ0n) is 9.38. The molecule has 0 atom stereocenters. The van der Waals surface area contributed by atoms with Gasteiger partial charge in [-0.05, 0) is 31.9 Å². The topological polar surface area (TPSA) is 42.2 Å². The number of alkyl halides is 1. The molecule has 2 rings (SSSR count). The van der Waals surface area contributed by atoms with Crippen molar-refractivity contribution in [2.24, 2.45) is 0 Å². The van der Waals surface area contributed by atoms with Crippen molar-refractivity contribution in [1.29, 1.82) is 0 Å². The minimum atomic E-state index is -0.102. The maximum atomic E-state index is 12.0. The van der Waals surface area contributed by atoms with Crippen LogP contribution >= 0.6 is 15.9 Å². The normalized spacial score (nSPS) is 18.6. The number of amides is 1. The van der Waals surface area contributed by atoms with Gasteiger partial charge in [0.05, 0.1) is 5.54 Å². The molecule has 1 heterocycles. The maximum Gasteiger partial charge on any atom is 0.287 e. The number of halogens is 1. The van der Waals surface area contributed by atoms with Crippen molar-refractivity contribution in [2.75, 3.05) is 5.33 Å². The standard InChI is InChI=1S/C12H16BrNO2/c1-9-4-5-10(16-9)11(15)14-12(8-13)6-2-3-7-12/h4-5H,2-3,6-8H2,1H3,(H,14,15). The molecule has 0 bridgehead atoms. The Morgan fingerprint density at radius 2 is 2.19 bits per heavy atom. The Labute approximate surface area is 104 Å². The van der Waals surface area contributed by atoms with E-state index in [1.807, 2.05) is 13.0 Å². The van der Waals surface area contributed by atoms with Gasteiger partial charge in [-0.3, -0.25) is 4.79 Å². The van der Waals surface area contributed by atoms with Gasteiger partial charge in [0.2, 0.25) is 0 Å². The number of rotatable bonds is 3. The van der Waals surface area contributed by atoms with Crippen LogP contribution in [0.2, 0.25) is 0 Å². The fourth-order valence-corrected chi connectivity index (χ4v) is 2.90. The fourth-order valence-electron chi connectivity index (χ4n) is 2.20. The van der Waals surface area contributed by atoms with Gasteiger partial charge >= 0.3 is 0 Å². The third kappa shape index (κ3) is 2.32. The van der Waals surface area contributed by atoms with Crippen molar-refractivity contribution < 1.29 is 9.21 Å². The highest BCUT2D eigenvalue weighted by molar-refractivity contribution is 9.09. The van der Waals surface area contributed by atoms with E-state index in [0.29, 0.717) is 5.76 Å². The van der Waals surface area contributed by atoms with Gasteiger partial charge in [-0.25, -0.2) is 0 Å². The van der Waals surface area contributed by atoms with E-state index in [0.717, 1.165) is 23.9 Å². The van der Waals surface area contributed by atoms with Crippen molar-refractivity contribution in [2.45, 2.75) is 38.1 Å². The van der Waals surface area contributed by atoms with Gasteiger partial charge in [-0.15, -0.1) is 0 Å². The zero-order chi connectivity index (χ0) is 11.6. The Balaban J connectivity index is 2.06. The van der Waals surface area contributed by atoms with Crippen molar-refractivity contribution in [3.8, 4) is 0 Å². The largest absolute Gasteiger partial charge is 0.456 e. The SMILES string of the molecule is Cc1ccc(C(=O)NC2(CBr)CCCC2)o1. The average Bonchev–Trinajstić information content (AvgIpc) is 2.88. The number of carbonyl (C=O) groups excluding carboxylic acids is 1. The summed E-state index contributed by atoms with van der Waals surface area (Å²) in [6.45, 7) is 1.84. The van der Waals surface area contributed by atoms with Crippen LogP contribution in [0.25, 0.3) is 0 Å². The summed E-state index contributed by atoms with van der Waals surface area (Å²) in [7, 11) is 0. The first-order valence-electron chi connectivity index (χ1n) is 5.60. The quantitative estimate of drug-likeness (QED) is 0.868. The highest BCUT2D eigenvalue weighted by atomic mass is 79.9. The molecule has 0 spiro atoms. The van der Waals surface area contributed by atoms with Gasteiger partial charge in [-0.2, -0.15) is 0 Å². The lowest BCUT2D eigenvalue weighted by Gasteiger charge is -2.27. The molecule has 1 N–H and O–H groups in total. The lowest BCUT2D eigenvalue weighted by molar-refractivity contribution is 0.0880. The second-order valence-electron chi connectivity index (χ2n) is 4.49. The van der Waals surface area contributed by atoms with Gasteiger partial charge in [-0.1, -0.05) is 28.8 Å². The first-order valence-corrected chi connectivity index (χ1v) is 6.72. The van der Waals surface area contributed by atoms with Crippen molar-refractivity contribution >= 4 is 21.8 Å². The number of furan rings is 1. The predicted molar refractivity (Wildman–Crippen MR) is 65.9 cm³/mol. The van der Waals surface area contributed by atoms with Gasteiger partial charge in [0.15, 0.2) is 5.76 Å². The molecule has 0 radical (unpaired) electrons. The van der Waals surface area contributed by atoms with Crippen LogP contribution in [0.1, 0.15) is 42.0 Å². The Hall–Kier alpha value is -0.770. The third-order valence-electron chi connectivity index (χ3n) is 3.16. The monoisotopic (exact) mass is 285 g/mol. The van der Waals surface area contributed by atoms with Gasteiger partial charge in [0.1, 0.15) is 5.76 Å². The van der Waals surface area contributed by atoms with Gasteiger partial charge in [0, 0.05) is 5.33 Å². The summed E-state index contributed by atoms with van der Waals surface area (Å²) in [6, 6.07) is 3.53. The molecule has 1 aliphatic carbocycles. The molecule has 0 unspecified atom stereocenters. The van der Waals surface area contributed by atoms with Gasteiger partial charge < -0.3 is 9.73 Å². The summed E-state index contributed by atoms with van der Waals surface area (Å²) in [5.41, 5.74) is -0.0716. The first kappa shape index (κ1) is 11.7.